The predicted octanol–water partition coefficient (Wildman–Crippen LogP) is 0.499. The van der Waals surface area contributed by atoms with Crippen molar-refractivity contribution >= 4 is 5.91 Å². The van der Waals surface area contributed by atoms with Crippen LogP contribution >= 0.6 is 0 Å². The first-order valence-corrected chi connectivity index (χ1v) is 6.03. The van der Waals surface area contributed by atoms with E-state index < -0.39 is 12.1 Å². The Bertz CT molecular complexity index is 313. The molecule has 17 heavy (non-hydrogen) atoms. The smallest absolute Gasteiger partial charge is 0.240 e. The van der Waals surface area contributed by atoms with Crippen LogP contribution < -0.4 is 5.73 Å². The van der Waals surface area contributed by atoms with E-state index in [2.05, 4.69) is 6.07 Å². The number of likely N-dealkylation sites (tertiary alicyclic amines) is 1. The molecule has 0 aliphatic carbocycles. The lowest BCUT2D eigenvalue weighted by Crippen LogP contribution is -2.48. The van der Waals surface area contributed by atoms with Gasteiger partial charge < -0.3 is 15.4 Å². The maximum absolute atomic E-state index is 12.2. The van der Waals surface area contributed by atoms with E-state index in [1.165, 1.54) is 0 Å². The van der Waals surface area contributed by atoms with Crippen molar-refractivity contribution in [1.82, 2.24) is 4.90 Å². The highest BCUT2D eigenvalue weighted by Crippen LogP contribution is 2.21. The molecular weight excluding hydrogens is 218 g/mol. The summed E-state index contributed by atoms with van der Waals surface area (Å²) in [5, 5.41) is 9.04. The highest BCUT2D eigenvalue weighted by molar-refractivity contribution is 5.83. The molecule has 0 bridgehead atoms. The lowest BCUT2D eigenvalue weighted by molar-refractivity contribution is -0.134. The van der Waals surface area contributed by atoms with Crippen LogP contribution in [0, 0.1) is 17.2 Å². The van der Waals surface area contributed by atoms with Crippen molar-refractivity contribution in [3.8, 4) is 6.07 Å². The average Bonchev–Trinajstić information content (AvgIpc) is 2.79. The van der Waals surface area contributed by atoms with Gasteiger partial charge in [0.2, 0.25) is 5.91 Å². The van der Waals surface area contributed by atoms with Crippen molar-refractivity contribution in [1.29, 1.82) is 5.26 Å². The molecule has 0 unspecified atom stereocenters. The number of methoxy groups -OCH3 is 1. The van der Waals surface area contributed by atoms with Crippen LogP contribution in [0.2, 0.25) is 0 Å². The Labute approximate surface area is 103 Å². The molecule has 0 aromatic heterocycles. The zero-order chi connectivity index (χ0) is 13.0. The molecule has 0 aromatic carbocycles. The topological polar surface area (TPSA) is 79.3 Å². The molecule has 1 heterocycles. The summed E-state index contributed by atoms with van der Waals surface area (Å²) in [6.45, 7) is 4.42. The Morgan fingerprint density at radius 1 is 1.71 bits per heavy atom. The number of carbonyl (C=O) groups is 1. The minimum Gasteiger partial charge on any atom is -0.379 e. The number of rotatable bonds is 4. The van der Waals surface area contributed by atoms with Crippen molar-refractivity contribution in [2.24, 2.45) is 11.7 Å². The van der Waals surface area contributed by atoms with Crippen LogP contribution in [0.15, 0.2) is 0 Å². The van der Waals surface area contributed by atoms with Crippen molar-refractivity contribution in [3.05, 3.63) is 0 Å². The summed E-state index contributed by atoms with van der Waals surface area (Å²) >= 11 is 0. The van der Waals surface area contributed by atoms with Gasteiger partial charge in [-0.3, -0.25) is 4.79 Å². The second-order valence-corrected chi connectivity index (χ2v) is 4.64. The summed E-state index contributed by atoms with van der Waals surface area (Å²) in [4.78, 5) is 13.7. The maximum Gasteiger partial charge on any atom is 0.240 e. The fraction of sp³-hybridized carbons (Fsp3) is 0.833. The maximum atomic E-state index is 12.2. The second-order valence-electron chi connectivity index (χ2n) is 4.64. The predicted molar refractivity (Wildman–Crippen MR) is 64.0 cm³/mol. The molecule has 1 rings (SSSR count). The SMILES string of the molecule is CC[C@H](C)[C@H](N)C(=O)N1C[C@H](OC)C[C@H]1C#N. The fourth-order valence-corrected chi connectivity index (χ4v) is 2.02. The van der Waals surface area contributed by atoms with E-state index >= 15 is 0 Å². The molecule has 5 heteroatoms. The van der Waals surface area contributed by atoms with Gasteiger partial charge in [-0.2, -0.15) is 5.26 Å². The highest BCUT2D eigenvalue weighted by atomic mass is 16.5. The van der Waals surface area contributed by atoms with Gasteiger partial charge in [-0.25, -0.2) is 0 Å². The summed E-state index contributed by atoms with van der Waals surface area (Å²) in [7, 11) is 1.60. The highest BCUT2D eigenvalue weighted by Gasteiger charge is 2.38. The zero-order valence-corrected chi connectivity index (χ0v) is 10.7. The number of hydrogen-bond donors (Lipinski definition) is 1. The van der Waals surface area contributed by atoms with Crippen LogP contribution in [0.25, 0.3) is 0 Å². The lowest BCUT2D eigenvalue weighted by atomic mass is 9.99. The summed E-state index contributed by atoms with van der Waals surface area (Å²) < 4.78 is 5.20. The summed E-state index contributed by atoms with van der Waals surface area (Å²) in [6.07, 6.45) is 1.38. The van der Waals surface area contributed by atoms with Gasteiger partial charge in [0.25, 0.3) is 0 Å². The van der Waals surface area contributed by atoms with Gasteiger partial charge in [-0.05, 0) is 5.92 Å². The van der Waals surface area contributed by atoms with Crippen molar-refractivity contribution in [2.45, 2.75) is 44.9 Å². The van der Waals surface area contributed by atoms with Crippen molar-refractivity contribution in [2.75, 3.05) is 13.7 Å². The number of ether oxygens (including phenoxy) is 1. The van der Waals surface area contributed by atoms with Gasteiger partial charge in [0.15, 0.2) is 0 Å². The van der Waals surface area contributed by atoms with Crippen LogP contribution in [-0.2, 0) is 9.53 Å². The van der Waals surface area contributed by atoms with Crippen LogP contribution in [0.4, 0.5) is 0 Å². The Hall–Kier alpha value is -1.12. The van der Waals surface area contributed by atoms with Gasteiger partial charge in [-0.1, -0.05) is 20.3 Å². The van der Waals surface area contributed by atoms with Crippen LogP contribution in [-0.4, -0.2) is 42.6 Å². The van der Waals surface area contributed by atoms with E-state index in [1.54, 1.807) is 12.0 Å². The van der Waals surface area contributed by atoms with E-state index in [0.717, 1.165) is 6.42 Å². The molecule has 0 saturated carbocycles. The van der Waals surface area contributed by atoms with Crippen molar-refractivity contribution < 1.29 is 9.53 Å². The summed E-state index contributed by atoms with van der Waals surface area (Å²) in [5.41, 5.74) is 5.91. The van der Waals surface area contributed by atoms with E-state index in [9.17, 15) is 4.79 Å². The van der Waals surface area contributed by atoms with Gasteiger partial charge in [0.1, 0.15) is 6.04 Å². The van der Waals surface area contributed by atoms with Gasteiger partial charge in [0, 0.05) is 20.1 Å². The Morgan fingerprint density at radius 3 is 2.82 bits per heavy atom. The van der Waals surface area contributed by atoms with Gasteiger partial charge >= 0.3 is 0 Å². The molecule has 1 fully saturated rings. The van der Waals surface area contributed by atoms with E-state index in [0.29, 0.717) is 13.0 Å². The fourth-order valence-electron chi connectivity index (χ4n) is 2.02. The molecule has 5 nitrogen and oxygen atoms in total. The first kappa shape index (κ1) is 13.9. The molecule has 1 aliphatic rings. The molecule has 1 saturated heterocycles. The molecule has 1 aliphatic heterocycles. The van der Waals surface area contributed by atoms with Crippen LogP contribution in [0.1, 0.15) is 26.7 Å². The molecule has 0 spiro atoms. The molecular formula is C12H21N3O2. The largest absolute Gasteiger partial charge is 0.379 e. The Morgan fingerprint density at radius 2 is 2.35 bits per heavy atom. The summed E-state index contributed by atoms with van der Waals surface area (Å²) in [6, 6.07) is 1.22. The molecule has 0 radical (unpaired) electrons. The minimum absolute atomic E-state index is 0.0484. The van der Waals surface area contributed by atoms with Crippen LogP contribution in [0.3, 0.4) is 0 Å². The molecule has 4 atom stereocenters. The molecule has 96 valence electrons. The van der Waals surface area contributed by atoms with Gasteiger partial charge in [0.05, 0.1) is 18.2 Å². The number of amides is 1. The van der Waals surface area contributed by atoms with E-state index in [1.807, 2.05) is 13.8 Å². The number of nitrogens with zero attached hydrogens (tertiary/aromatic N) is 2. The Kier molecular flexibility index (Phi) is 4.91. The third-order valence-corrected chi connectivity index (χ3v) is 3.57. The number of nitrogens with two attached hydrogens (primary N) is 1. The average molecular weight is 239 g/mol. The minimum atomic E-state index is -0.522. The zero-order valence-electron chi connectivity index (χ0n) is 10.7. The van der Waals surface area contributed by atoms with Gasteiger partial charge in [-0.15, -0.1) is 0 Å². The number of carbonyl (C=O) groups excluding carboxylic acids is 1. The molecule has 1 amide bonds. The molecule has 2 N–H and O–H groups in total. The van der Waals surface area contributed by atoms with E-state index in [-0.39, 0.29) is 17.9 Å². The standard InChI is InChI=1S/C12H21N3O2/c1-4-8(2)11(14)12(16)15-7-10(17-3)5-9(15)6-13/h8-11H,4-5,7,14H2,1-3H3/t8-,9-,10+,11-/m0/s1. The lowest BCUT2D eigenvalue weighted by Gasteiger charge is -2.26. The third kappa shape index (κ3) is 2.96. The van der Waals surface area contributed by atoms with E-state index in [4.69, 9.17) is 15.7 Å². The third-order valence-electron chi connectivity index (χ3n) is 3.57. The van der Waals surface area contributed by atoms with Crippen LogP contribution in [0.5, 0.6) is 0 Å². The van der Waals surface area contributed by atoms with Crippen molar-refractivity contribution in [3.63, 3.8) is 0 Å². The first-order chi connectivity index (χ1) is 8.04. The Balaban J connectivity index is 2.71. The molecule has 0 aromatic rings. The number of hydrogen-bond acceptors (Lipinski definition) is 4. The quantitative estimate of drug-likeness (QED) is 0.774. The summed E-state index contributed by atoms with van der Waals surface area (Å²) in [5.74, 6) is -0.00566. The normalized spacial score (nSPS) is 27.6. The first-order valence-electron chi connectivity index (χ1n) is 6.03. The number of nitriles is 1. The monoisotopic (exact) mass is 239 g/mol. The second kappa shape index (κ2) is 5.99.